The fourth-order valence-electron chi connectivity index (χ4n) is 1.13. The van der Waals surface area contributed by atoms with E-state index in [2.05, 4.69) is 15.3 Å². The van der Waals surface area contributed by atoms with Crippen LogP contribution in [0.15, 0.2) is 12.5 Å². The molecule has 0 unspecified atom stereocenters. The largest absolute Gasteiger partial charge is 0.480 e. The van der Waals surface area contributed by atoms with Gasteiger partial charge in [-0.2, -0.15) is 5.26 Å². The van der Waals surface area contributed by atoms with E-state index in [0.29, 0.717) is 5.69 Å². The van der Waals surface area contributed by atoms with Gasteiger partial charge in [-0.25, -0.2) is 9.78 Å². The highest BCUT2D eigenvalue weighted by molar-refractivity contribution is 5.84. The second-order valence-electron chi connectivity index (χ2n) is 3.06. The van der Waals surface area contributed by atoms with Crippen molar-refractivity contribution in [3.63, 3.8) is 0 Å². The van der Waals surface area contributed by atoms with Crippen LogP contribution in [0.1, 0.15) is 12.1 Å². The van der Waals surface area contributed by atoms with Gasteiger partial charge in [0, 0.05) is 12.6 Å². The maximum atomic E-state index is 11.1. The van der Waals surface area contributed by atoms with Crippen molar-refractivity contribution in [3.05, 3.63) is 18.2 Å². The molecule has 1 atom stereocenters. The molecule has 1 rings (SSSR count). The van der Waals surface area contributed by atoms with Crippen LogP contribution in [0.25, 0.3) is 0 Å². The summed E-state index contributed by atoms with van der Waals surface area (Å²) in [6.07, 6.45) is 2.69. The Bertz CT molecular complexity index is 407. The number of nitriles is 1. The summed E-state index contributed by atoms with van der Waals surface area (Å²) in [4.78, 5) is 28.4. The van der Waals surface area contributed by atoms with E-state index in [1.807, 2.05) is 0 Å². The Morgan fingerprint density at radius 1 is 1.69 bits per heavy atom. The predicted octanol–water partition coefficient (Wildman–Crippen LogP) is -0.565. The summed E-state index contributed by atoms with van der Waals surface area (Å²) >= 11 is 0. The lowest BCUT2D eigenvalue weighted by Crippen LogP contribution is -2.42. The molecule has 0 bridgehead atoms. The molecule has 3 N–H and O–H groups in total. The van der Waals surface area contributed by atoms with Gasteiger partial charge in [0.05, 0.1) is 18.1 Å². The van der Waals surface area contributed by atoms with Gasteiger partial charge in [-0.1, -0.05) is 0 Å². The molecule has 16 heavy (non-hydrogen) atoms. The highest BCUT2D eigenvalue weighted by Crippen LogP contribution is 1.99. The minimum atomic E-state index is -1.16. The van der Waals surface area contributed by atoms with E-state index in [9.17, 15) is 9.59 Å². The smallest absolute Gasteiger partial charge is 0.326 e. The standard InChI is InChI=1S/C9H10N4O3/c10-2-1-8(14)13-7(9(15)16)3-6-4-11-5-12-6/h4-5,7H,1,3H2,(H,11,12)(H,13,14)(H,15,16)/t7-/m0/s1. The zero-order valence-electron chi connectivity index (χ0n) is 8.30. The highest BCUT2D eigenvalue weighted by atomic mass is 16.4. The minimum Gasteiger partial charge on any atom is -0.480 e. The van der Waals surface area contributed by atoms with Crippen molar-refractivity contribution < 1.29 is 14.7 Å². The van der Waals surface area contributed by atoms with E-state index >= 15 is 0 Å². The summed E-state index contributed by atoms with van der Waals surface area (Å²) in [7, 11) is 0. The molecule has 0 aliphatic carbocycles. The quantitative estimate of drug-likeness (QED) is 0.616. The fourth-order valence-corrected chi connectivity index (χ4v) is 1.13. The molecule has 0 spiro atoms. The molecule has 1 aromatic heterocycles. The van der Waals surface area contributed by atoms with Crippen LogP contribution in [0, 0.1) is 11.3 Å². The topological polar surface area (TPSA) is 119 Å². The Morgan fingerprint density at radius 2 is 2.44 bits per heavy atom. The van der Waals surface area contributed by atoms with Crippen molar-refractivity contribution in [2.24, 2.45) is 0 Å². The van der Waals surface area contributed by atoms with Gasteiger partial charge in [0.2, 0.25) is 5.91 Å². The van der Waals surface area contributed by atoms with Crippen molar-refractivity contribution in [1.29, 1.82) is 5.26 Å². The van der Waals surface area contributed by atoms with E-state index in [0.717, 1.165) is 0 Å². The van der Waals surface area contributed by atoms with Crippen LogP contribution >= 0.6 is 0 Å². The van der Waals surface area contributed by atoms with Crippen LogP contribution < -0.4 is 5.32 Å². The van der Waals surface area contributed by atoms with Crippen molar-refractivity contribution >= 4 is 11.9 Å². The van der Waals surface area contributed by atoms with Gasteiger partial charge in [-0.3, -0.25) is 4.79 Å². The van der Waals surface area contributed by atoms with Crippen LogP contribution in [0.5, 0.6) is 0 Å². The SMILES string of the molecule is N#CCC(=O)N[C@@H](Cc1c[nH]cn1)C(=O)O. The summed E-state index contributed by atoms with van der Waals surface area (Å²) < 4.78 is 0. The van der Waals surface area contributed by atoms with E-state index in [1.165, 1.54) is 6.33 Å². The first-order valence-corrected chi connectivity index (χ1v) is 4.50. The molecule has 0 aromatic carbocycles. The Kier molecular flexibility index (Phi) is 4.03. The Morgan fingerprint density at radius 3 is 2.94 bits per heavy atom. The number of carboxylic acid groups (broad SMARTS) is 1. The average molecular weight is 222 g/mol. The number of hydrogen-bond donors (Lipinski definition) is 3. The van der Waals surface area contributed by atoms with Gasteiger partial charge in [-0.05, 0) is 0 Å². The van der Waals surface area contributed by atoms with Crippen molar-refractivity contribution in [2.75, 3.05) is 0 Å². The number of carboxylic acids is 1. The van der Waals surface area contributed by atoms with Gasteiger partial charge in [0.1, 0.15) is 12.5 Å². The minimum absolute atomic E-state index is 0.0794. The van der Waals surface area contributed by atoms with Crippen LogP contribution in [0.3, 0.4) is 0 Å². The van der Waals surface area contributed by atoms with Crippen LogP contribution in [-0.2, 0) is 16.0 Å². The van der Waals surface area contributed by atoms with Gasteiger partial charge in [-0.15, -0.1) is 0 Å². The highest BCUT2D eigenvalue weighted by Gasteiger charge is 2.20. The predicted molar refractivity (Wildman–Crippen MR) is 52.1 cm³/mol. The van der Waals surface area contributed by atoms with Crippen molar-refractivity contribution in [1.82, 2.24) is 15.3 Å². The lowest BCUT2D eigenvalue weighted by atomic mass is 10.1. The molecule has 84 valence electrons. The van der Waals surface area contributed by atoms with Crippen LogP contribution in [0.4, 0.5) is 0 Å². The molecular weight excluding hydrogens is 212 g/mol. The summed E-state index contributed by atoms with van der Waals surface area (Å²) in [6, 6.07) is 0.578. The molecule has 7 heteroatoms. The maximum Gasteiger partial charge on any atom is 0.326 e. The first-order chi connectivity index (χ1) is 7.63. The number of nitrogens with one attached hydrogen (secondary N) is 2. The average Bonchev–Trinajstić information content (AvgIpc) is 2.69. The molecule has 1 heterocycles. The van der Waals surface area contributed by atoms with Crippen molar-refractivity contribution in [3.8, 4) is 6.07 Å². The lowest BCUT2D eigenvalue weighted by molar-refractivity contribution is -0.141. The number of aromatic amines is 1. The number of rotatable bonds is 5. The number of nitrogens with zero attached hydrogens (tertiary/aromatic N) is 2. The number of imidazole rings is 1. The second-order valence-corrected chi connectivity index (χ2v) is 3.06. The number of aromatic nitrogens is 2. The van der Waals surface area contributed by atoms with Gasteiger partial charge >= 0.3 is 5.97 Å². The number of H-pyrrole nitrogens is 1. The van der Waals surface area contributed by atoms with E-state index in [4.69, 9.17) is 10.4 Å². The molecule has 0 radical (unpaired) electrons. The third-order valence-corrected chi connectivity index (χ3v) is 1.84. The zero-order valence-corrected chi connectivity index (χ0v) is 8.30. The van der Waals surface area contributed by atoms with E-state index in [-0.39, 0.29) is 12.8 Å². The first-order valence-electron chi connectivity index (χ1n) is 4.50. The maximum absolute atomic E-state index is 11.1. The number of hydrogen-bond acceptors (Lipinski definition) is 4. The molecule has 7 nitrogen and oxygen atoms in total. The Hall–Kier alpha value is -2.36. The molecule has 0 fully saturated rings. The van der Waals surface area contributed by atoms with Gasteiger partial charge in [0.15, 0.2) is 0 Å². The third kappa shape index (κ3) is 3.42. The molecule has 0 aliphatic heterocycles. The van der Waals surface area contributed by atoms with Gasteiger partial charge < -0.3 is 15.4 Å². The summed E-state index contributed by atoms with van der Waals surface area (Å²) in [5, 5.41) is 19.4. The Labute approximate surface area is 91.1 Å². The molecule has 1 aromatic rings. The molecule has 1 amide bonds. The fraction of sp³-hybridized carbons (Fsp3) is 0.333. The summed E-state index contributed by atoms with van der Waals surface area (Å²) in [5.74, 6) is -1.76. The van der Waals surface area contributed by atoms with Gasteiger partial charge in [0.25, 0.3) is 0 Å². The monoisotopic (exact) mass is 222 g/mol. The van der Waals surface area contributed by atoms with Crippen LogP contribution in [-0.4, -0.2) is 33.0 Å². The van der Waals surface area contributed by atoms with E-state index < -0.39 is 17.9 Å². The number of aliphatic carboxylic acids is 1. The van der Waals surface area contributed by atoms with E-state index in [1.54, 1.807) is 12.3 Å². The first kappa shape index (κ1) is 11.7. The molecule has 0 saturated heterocycles. The number of carbonyl (C=O) groups is 2. The summed E-state index contributed by atoms with van der Waals surface area (Å²) in [5.41, 5.74) is 0.532. The van der Waals surface area contributed by atoms with Crippen molar-refractivity contribution in [2.45, 2.75) is 18.9 Å². The van der Waals surface area contributed by atoms with Crippen LogP contribution in [0.2, 0.25) is 0 Å². The lowest BCUT2D eigenvalue weighted by Gasteiger charge is -2.11. The third-order valence-electron chi connectivity index (χ3n) is 1.84. The Balaban J connectivity index is 2.59. The molecule has 0 saturated carbocycles. The molecular formula is C9H10N4O3. The molecule has 0 aliphatic rings. The number of amides is 1. The summed E-state index contributed by atoms with van der Waals surface area (Å²) in [6.45, 7) is 0. The normalized spacial score (nSPS) is 11.4. The zero-order chi connectivity index (χ0) is 12.0. The number of carbonyl (C=O) groups excluding carboxylic acids is 1. The second kappa shape index (κ2) is 5.50.